The third-order valence-electron chi connectivity index (χ3n) is 5.77. The van der Waals surface area contributed by atoms with E-state index in [4.69, 9.17) is 9.26 Å². The van der Waals surface area contributed by atoms with Gasteiger partial charge in [0.05, 0.1) is 27.7 Å². The van der Waals surface area contributed by atoms with Crippen LogP contribution in [0.5, 0.6) is 0 Å². The van der Waals surface area contributed by atoms with E-state index in [9.17, 15) is 19.4 Å². The molecule has 0 saturated carbocycles. The van der Waals surface area contributed by atoms with Gasteiger partial charge in [-0.05, 0) is 32.1 Å². The molecule has 9 heteroatoms. The third kappa shape index (κ3) is 26.3. The minimum absolute atomic E-state index is 0.00856. The van der Waals surface area contributed by atoms with Crippen LogP contribution in [0.2, 0.25) is 0 Å². The van der Waals surface area contributed by atoms with E-state index in [0.29, 0.717) is 17.4 Å². The van der Waals surface area contributed by atoms with E-state index in [0.717, 1.165) is 32.1 Å². The van der Waals surface area contributed by atoms with Crippen LogP contribution in [0, 0.1) is 0 Å². The lowest BCUT2D eigenvalue weighted by molar-refractivity contribution is -0.870. The van der Waals surface area contributed by atoms with Gasteiger partial charge in [-0.15, -0.1) is 0 Å². The van der Waals surface area contributed by atoms with Crippen LogP contribution in [0.4, 0.5) is 0 Å². The number of allylic oxidation sites excluding steroid dienone is 2. The summed E-state index contributed by atoms with van der Waals surface area (Å²) < 4.78 is 26.7. The molecule has 214 valence electrons. The fourth-order valence-corrected chi connectivity index (χ4v) is 4.20. The van der Waals surface area contributed by atoms with Gasteiger partial charge in [-0.1, -0.05) is 76.9 Å². The van der Waals surface area contributed by atoms with Crippen molar-refractivity contribution in [2.45, 2.75) is 109 Å². The molecule has 0 fully saturated rings. The summed E-state index contributed by atoms with van der Waals surface area (Å²) in [5, 5.41) is 9.80. The molecule has 36 heavy (non-hydrogen) atoms. The number of aliphatic hydroxyl groups is 1. The van der Waals surface area contributed by atoms with E-state index >= 15 is 0 Å². The Morgan fingerprint density at radius 2 is 1.39 bits per heavy atom. The first-order valence-electron chi connectivity index (χ1n) is 13.9. The number of phosphoric ester groups is 1. The molecule has 0 aliphatic heterocycles. The number of esters is 1. The molecule has 0 aromatic rings. The number of carbonyl (C=O) groups excluding carboxylic acids is 1. The van der Waals surface area contributed by atoms with Crippen molar-refractivity contribution >= 4 is 13.8 Å². The predicted octanol–water partition coefficient (Wildman–Crippen LogP) is 5.53. The minimum atomic E-state index is -4.49. The van der Waals surface area contributed by atoms with Crippen LogP contribution in [0.3, 0.4) is 0 Å². The summed E-state index contributed by atoms with van der Waals surface area (Å²) in [7, 11) is 1.25. The first kappa shape index (κ1) is 35.2. The number of ether oxygens (including phenoxy) is 1. The summed E-state index contributed by atoms with van der Waals surface area (Å²) in [6, 6.07) is 0. The summed E-state index contributed by atoms with van der Waals surface area (Å²) in [6.45, 7) is 1.92. The van der Waals surface area contributed by atoms with Crippen LogP contribution in [0.1, 0.15) is 103 Å². The molecule has 0 bridgehead atoms. The maximum Gasteiger partial charge on any atom is 0.305 e. The SMILES string of the molecule is CCCCCCCCC/C=C\CCCCCCCC(=O)OCC(O)COP(=O)([O-])OCC[N+](C)(C)C. The molecule has 0 rings (SSSR count). The van der Waals surface area contributed by atoms with E-state index in [-0.39, 0.29) is 13.2 Å². The molecule has 0 amide bonds. The van der Waals surface area contributed by atoms with Crippen molar-refractivity contribution in [2.75, 3.05) is 47.5 Å². The molecular formula is C27H54NO7P. The predicted molar refractivity (Wildman–Crippen MR) is 143 cm³/mol. The van der Waals surface area contributed by atoms with E-state index in [1.807, 2.05) is 21.1 Å². The van der Waals surface area contributed by atoms with Crippen molar-refractivity contribution in [1.29, 1.82) is 0 Å². The first-order valence-corrected chi connectivity index (χ1v) is 15.4. The second-order valence-corrected chi connectivity index (χ2v) is 12.0. The highest BCUT2D eigenvalue weighted by atomic mass is 31.2. The average Bonchev–Trinajstić information content (AvgIpc) is 2.80. The van der Waals surface area contributed by atoms with Crippen LogP contribution in [0.25, 0.3) is 0 Å². The van der Waals surface area contributed by atoms with Crippen LogP contribution >= 0.6 is 7.82 Å². The summed E-state index contributed by atoms with van der Waals surface area (Å²) in [5.74, 6) is -0.396. The van der Waals surface area contributed by atoms with Crippen LogP contribution in [0.15, 0.2) is 12.2 Å². The Balaban J connectivity index is 3.57. The zero-order valence-corrected chi connectivity index (χ0v) is 24.4. The van der Waals surface area contributed by atoms with Crippen LogP contribution < -0.4 is 4.89 Å². The topological polar surface area (TPSA) is 105 Å². The van der Waals surface area contributed by atoms with E-state index in [1.165, 1.54) is 57.8 Å². The molecule has 0 saturated heterocycles. The van der Waals surface area contributed by atoms with Gasteiger partial charge in [0.25, 0.3) is 7.82 Å². The van der Waals surface area contributed by atoms with Crippen molar-refractivity contribution in [3.05, 3.63) is 12.2 Å². The quantitative estimate of drug-likeness (QED) is 0.0539. The van der Waals surface area contributed by atoms with Gasteiger partial charge < -0.3 is 28.3 Å². The lowest BCUT2D eigenvalue weighted by Gasteiger charge is -2.27. The highest BCUT2D eigenvalue weighted by molar-refractivity contribution is 7.45. The number of quaternary nitrogens is 1. The zero-order chi connectivity index (χ0) is 27.1. The first-order chi connectivity index (χ1) is 17.1. The standard InChI is InChI=1S/C27H54NO7P/c1-5-6-7-8-9-10-11-12-13-14-15-16-17-18-19-20-21-27(30)33-24-26(29)25-35-36(31,32)34-23-22-28(2,3)4/h13-14,26,29H,5-12,15-25H2,1-4H3/b14-13-. The number of rotatable bonds is 25. The van der Waals surface area contributed by atoms with Gasteiger partial charge in [0.2, 0.25) is 0 Å². The number of phosphoric acid groups is 1. The Morgan fingerprint density at radius 1 is 0.861 bits per heavy atom. The Hall–Kier alpha value is -0.760. The molecule has 1 N–H and O–H groups in total. The smallest absolute Gasteiger partial charge is 0.305 e. The van der Waals surface area contributed by atoms with Crippen molar-refractivity contribution in [3.63, 3.8) is 0 Å². The second-order valence-electron chi connectivity index (χ2n) is 10.6. The number of nitrogens with zero attached hydrogens (tertiary/aromatic N) is 1. The van der Waals surface area contributed by atoms with Crippen molar-refractivity contribution in [3.8, 4) is 0 Å². The second kappa shape index (κ2) is 22.2. The Labute approximate surface area is 220 Å². The normalized spacial score (nSPS) is 14.7. The van der Waals surface area contributed by atoms with Gasteiger partial charge in [-0.25, -0.2) is 0 Å². The highest BCUT2D eigenvalue weighted by Crippen LogP contribution is 2.38. The molecule has 0 aliphatic carbocycles. The summed E-state index contributed by atoms with van der Waals surface area (Å²) in [6.07, 6.45) is 20.6. The molecular weight excluding hydrogens is 481 g/mol. The van der Waals surface area contributed by atoms with Crippen LogP contribution in [-0.4, -0.2) is 69.2 Å². The Morgan fingerprint density at radius 3 is 1.94 bits per heavy atom. The summed E-state index contributed by atoms with van der Waals surface area (Å²) in [5.41, 5.74) is 0. The molecule has 0 heterocycles. The average molecular weight is 536 g/mol. The molecule has 0 radical (unpaired) electrons. The maximum absolute atomic E-state index is 11.8. The van der Waals surface area contributed by atoms with E-state index < -0.39 is 26.5 Å². The number of unbranched alkanes of at least 4 members (excludes halogenated alkanes) is 12. The molecule has 0 aliphatic rings. The fraction of sp³-hybridized carbons (Fsp3) is 0.889. The Bertz CT molecular complexity index is 607. The number of carbonyl (C=O) groups is 1. The van der Waals surface area contributed by atoms with E-state index in [1.54, 1.807) is 0 Å². The van der Waals surface area contributed by atoms with E-state index in [2.05, 4.69) is 23.6 Å². The third-order valence-corrected chi connectivity index (χ3v) is 6.73. The molecule has 2 atom stereocenters. The molecule has 2 unspecified atom stereocenters. The monoisotopic (exact) mass is 535 g/mol. The van der Waals surface area contributed by atoms with Crippen molar-refractivity contribution in [2.24, 2.45) is 0 Å². The van der Waals surface area contributed by atoms with Gasteiger partial charge in [0.15, 0.2) is 0 Å². The van der Waals surface area contributed by atoms with Crippen LogP contribution in [-0.2, 0) is 23.1 Å². The highest BCUT2D eigenvalue weighted by Gasteiger charge is 2.16. The molecule has 0 aromatic carbocycles. The van der Waals surface area contributed by atoms with Gasteiger partial charge in [-0.2, -0.15) is 0 Å². The summed E-state index contributed by atoms with van der Waals surface area (Å²) >= 11 is 0. The van der Waals surface area contributed by atoms with Gasteiger partial charge in [-0.3, -0.25) is 9.36 Å². The van der Waals surface area contributed by atoms with Gasteiger partial charge in [0, 0.05) is 6.42 Å². The zero-order valence-electron chi connectivity index (χ0n) is 23.5. The number of hydrogen-bond donors (Lipinski definition) is 1. The molecule has 0 aromatic heterocycles. The fourth-order valence-electron chi connectivity index (χ4n) is 3.47. The van der Waals surface area contributed by atoms with Crippen molar-refractivity contribution in [1.82, 2.24) is 0 Å². The maximum atomic E-state index is 11.8. The lowest BCUT2D eigenvalue weighted by atomic mass is 10.1. The van der Waals surface area contributed by atoms with Gasteiger partial charge >= 0.3 is 5.97 Å². The lowest BCUT2D eigenvalue weighted by Crippen LogP contribution is -2.37. The van der Waals surface area contributed by atoms with Gasteiger partial charge in [0.1, 0.15) is 25.9 Å². The number of likely N-dealkylation sites (N-methyl/N-ethyl adjacent to an activating group) is 1. The number of hydrogen-bond acceptors (Lipinski definition) is 7. The van der Waals surface area contributed by atoms with Crippen molar-refractivity contribution < 1.29 is 37.6 Å². The molecule has 0 spiro atoms. The summed E-state index contributed by atoms with van der Waals surface area (Å²) in [4.78, 5) is 23.5. The number of aliphatic hydroxyl groups excluding tert-OH is 1. The minimum Gasteiger partial charge on any atom is -0.756 e. The molecule has 8 nitrogen and oxygen atoms in total. The Kier molecular flexibility index (Phi) is 21.8. The largest absolute Gasteiger partial charge is 0.756 e.